The fraction of sp³-hybridized carbons (Fsp3) is 0.154. The van der Waals surface area contributed by atoms with Crippen LogP contribution in [0.15, 0.2) is 36.5 Å². The smallest absolute Gasteiger partial charge is 0.143 e. The molecule has 0 aliphatic carbocycles. The van der Waals surface area contributed by atoms with Crippen LogP contribution in [0.5, 0.6) is 5.75 Å². The summed E-state index contributed by atoms with van der Waals surface area (Å²) in [6.07, 6.45) is 0.644. The van der Waals surface area contributed by atoms with E-state index in [-0.39, 0.29) is 5.82 Å². The van der Waals surface area contributed by atoms with Crippen molar-refractivity contribution in [2.45, 2.75) is 6.10 Å². The Bertz CT molecular complexity index is 562. The lowest BCUT2D eigenvalue weighted by atomic mass is 10.1. The number of nitrogens with zero attached hydrogens (tertiary/aromatic N) is 1. The fourth-order valence-corrected chi connectivity index (χ4v) is 2.42. The van der Waals surface area contributed by atoms with E-state index in [0.29, 0.717) is 20.6 Å². The van der Waals surface area contributed by atoms with Gasteiger partial charge in [-0.15, -0.1) is 0 Å². The summed E-state index contributed by atoms with van der Waals surface area (Å²) in [5, 5.41) is 10.3. The summed E-state index contributed by atoms with van der Waals surface area (Å²) in [5.74, 6) is 0.175. The maximum absolute atomic E-state index is 13.0. The summed E-state index contributed by atoms with van der Waals surface area (Å²) in [4.78, 5) is 4.12. The molecule has 0 aliphatic heterocycles. The fourth-order valence-electron chi connectivity index (χ4n) is 1.65. The minimum Gasteiger partial charge on any atom is -0.495 e. The summed E-state index contributed by atoms with van der Waals surface area (Å²) < 4.78 is 18.8. The van der Waals surface area contributed by atoms with E-state index >= 15 is 0 Å². The molecular weight excluding hydrogens is 348 g/mol. The van der Waals surface area contributed by atoms with Gasteiger partial charge in [0.1, 0.15) is 23.4 Å². The van der Waals surface area contributed by atoms with Gasteiger partial charge < -0.3 is 9.84 Å². The van der Waals surface area contributed by atoms with Crippen molar-refractivity contribution in [3.8, 4) is 5.75 Å². The standard InChI is InChI=1S/C13H11FINO2/c1-18-11-3-2-6-16-12(11)13(17)9-5-4-8(14)7-10(9)15/h2-7,13,17H,1H3. The molecule has 1 unspecified atom stereocenters. The summed E-state index contributed by atoms with van der Waals surface area (Å²) >= 11 is 1.98. The van der Waals surface area contributed by atoms with Crippen molar-refractivity contribution in [1.29, 1.82) is 0 Å². The molecule has 0 saturated carbocycles. The van der Waals surface area contributed by atoms with Crippen molar-refractivity contribution >= 4 is 22.6 Å². The SMILES string of the molecule is COc1cccnc1C(O)c1ccc(F)cc1I. The van der Waals surface area contributed by atoms with Gasteiger partial charge in [-0.1, -0.05) is 6.07 Å². The maximum Gasteiger partial charge on any atom is 0.143 e. The number of aliphatic hydroxyl groups excluding tert-OH is 1. The Balaban J connectivity index is 2.44. The molecule has 2 aromatic rings. The highest BCUT2D eigenvalue weighted by molar-refractivity contribution is 14.1. The van der Waals surface area contributed by atoms with Crippen LogP contribution < -0.4 is 4.74 Å². The molecular formula is C13H11FINO2. The second-order valence-electron chi connectivity index (χ2n) is 3.66. The quantitative estimate of drug-likeness (QED) is 0.857. The highest BCUT2D eigenvalue weighted by Crippen LogP contribution is 2.30. The Morgan fingerprint density at radius 2 is 2.17 bits per heavy atom. The minimum atomic E-state index is -0.936. The van der Waals surface area contributed by atoms with Crippen LogP contribution in [0, 0.1) is 9.39 Å². The van der Waals surface area contributed by atoms with E-state index < -0.39 is 6.10 Å². The molecule has 1 N–H and O–H groups in total. The third kappa shape index (κ3) is 2.62. The van der Waals surface area contributed by atoms with Gasteiger partial charge in [0.2, 0.25) is 0 Å². The van der Waals surface area contributed by atoms with Crippen LogP contribution in [-0.4, -0.2) is 17.2 Å². The van der Waals surface area contributed by atoms with Gasteiger partial charge in [0.05, 0.1) is 7.11 Å². The first-order chi connectivity index (χ1) is 8.63. The maximum atomic E-state index is 13.0. The third-order valence-corrected chi connectivity index (χ3v) is 3.47. The van der Waals surface area contributed by atoms with Gasteiger partial charge in [-0.25, -0.2) is 4.39 Å². The van der Waals surface area contributed by atoms with Gasteiger partial charge >= 0.3 is 0 Å². The molecule has 0 saturated heterocycles. The van der Waals surface area contributed by atoms with Crippen molar-refractivity contribution in [1.82, 2.24) is 4.98 Å². The van der Waals surface area contributed by atoms with E-state index in [2.05, 4.69) is 4.98 Å². The third-order valence-electron chi connectivity index (χ3n) is 2.54. The van der Waals surface area contributed by atoms with Crippen molar-refractivity contribution in [3.63, 3.8) is 0 Å². The number of pyridine rings is 1. The Labute approximate surface area is 118 Å². The number of benzene rings is 1. The molecule has 1 aromatic carbocycles. The number of rotatable bonds is 3. The average molecular weight is 359 g/mol. The Morgan fingerprint density at radius 3 is 2.83 bits per heavy atom. The largest absolute Gasteiger partial charge is 0.495 e. The van der Waals surface area contributed by atoms with Gasteiger partial charge in [-0.05, 0) is 46.9 Å². The van der Waals surface area contributed by atoms with Gasteiger partial charge in [0.25, 0.3) is 0 Å². The lowest BCUT2D eigenvalue weighted by Crippen LogP contribution is -2.06. The number of aromatic nitrogens is 1. The number of methoxy groups -OCH3 is 1. The number of aliphatic hydroxyl groups is 1. The molecule has 1 aromatic heterocycles. The van der Waals surface area contributed by atoms with Crippen LogP contribution in [0.4, 0.5) is 4.39 Å². The molecule has 0 amide bonds. The second kappa shape index (κ2) is 5.62. The first-order valence-corrected chi connectivity index (χ1v) is 6.33. The molecule has 0 fully saturated rings. The predicted octanol–water partition coefficient (Wildman–Crippen LogP) is 2.92. The van der Waals surface area contributed by atoms with E-state index in [1.165, 1.54) is 19.2 Å². The number of ether oxygens (including phenoxy) is 1. The van der Waals surface area contributed by atoms with E-state index in [4.69, 9.17) is 4.74 Å². The predicted molar refractivity (Wildman–Crippen MR) is 74.0 cm³/mol. The number of hydrogen-bond acceptors (Lipinski definition) is 3. The first-order valence-electron chi connectivity index (χ1n) is 5.25. The van der Waals surface area contributed by atoms with E-state index in [1.807, 2.05) is 22.6 Å². The van der Waals surface area contributed by atoms with E-state index in [9.17, 15) is 9.50 Å². The second-order valence-corrected chi connectivity index (χ2v) is 4.82. The molecule has 0 bridgehead atoms. The highest BCUT2D eigenvalue weighted by atomic mass is 127. The molecule has 0 aliphatic rings. The molecule has 1 heterocycles. The molecule has 0 radical (unpaired) electrons. The summed E-state index contributed by atoms with van der Waals surface area (Å²) in [6.45, 7) is 0. The number of hydrogen-bond donors (Lipinski definition) is 1. The van der Waals surface area contributed by atoms with Gasteiger partial charge in [0.15, 0.2) is 0 Å². The number of halogens is 2. The molecule has 0 spiro atoms. The van der Waals surface area contributed by atoms with Crippen molar-refractivity contribution in [2.75, 3.05) is 7.11 Å². The molecule has 3 nitrogen and oxygen atoms in total. The highest BCUT2D eigenvalue weighted by Gasteiger charge is 2.19. The van der Waals surface area contributed by atoms with E-state index in [0.717, 1.165) is 0 Å². The van der Waals surface area contributed by atoms with Crippen molar-refractivity contribution < 1.29 is 14.2 Å². The van der Waals surface area contributed by atoms with Crippen LogP contribution in [0.2, 0.25) is 0 Å². The van der Waals surface area contributed by atoms with E-state index in [1.54, 1.807) is 24.4 Å². The Hall–Kier alpha value is -1.21. The average Bonchev–Trinajstić information content (AvgIpc) is 2.38. The van der Waals surface area contributed by atoms with Crippen LogP contribution >= 0.6 is 22.6 Å². The van der Waals surface area contributed by atoms with Gasteiger partial charge in [-0.3, -0.25) is 4.98 Å². The topological polar surface area (TPSA) is 42.4 Å². The lowest BCUT2D eigenvalue weighted by Gasteiger charge is -2.15. The molecule has 5 heteroatoms. The van der Waals surface area contributed by atoms with Crippen LogP contribution in [-0.2, 0) is 0 Å². The molecule has 94 valence electrons. The summed E-state index contributed by atoms with van der Waals surface area (Å²) in [5.41, 5.74) is 1.03. The monoisotopic (exact) mass is 359 g/mol. The zero-order chi connectivity index (χ0) is 13.1. The van der Waals surface area contributed by atoms with Gasteiger partial charge in [-0.2, -0.15) is 0 Å². The zero-order valence-electron chi connectivity index (χ0n) is 9.60. The van der Waals surface area contributed by atoms with Crippen LogP contribution in [0.1, 0.15) is 17.4 Å². The normalized spacial score (nSPS) is 12.2. The van der Waals surface area contributed by atoms with Crippen molar-refractivity contribution in [3.05, 3.63) is 57.2 Å². The van der Waals surface area contributed by atoms with Crippen molar-refractivity contribution in [2.24, 2.45) is 0 Å². The Morgan fingerprint density at radius 1 is 1.39 bits per heavy atom. The molecule has 18 heavy (non-hydrogen) atoms. The first kappa shape index (κ1) is 13.2. The van der Waals surface area contributed by atoms with Crippen LogP contribution in [0.25, 0.3) is 0 Å². The minimum absolute atomic E-state index is 0.330. The summed E-state index contributed by atoms with van der Waals surface area (Å²) in [6, 6.07) is 7.69. The zero-order valence-corrected chi connectivity index (χ0v) is 11.8. The lowest BCUT2D eigenvalue weighted by molar-refractivity contribution is 0.208. The molecule has 1 atom stereocenters. The molecule has 2 rings (SSSR count). The Kier molecular flexibility index (Phi) is 4.13. The van der Waals surface area contributed by atoms with Crippen LogP contribution in [0.3, 0.4) is 0 Å². The summed E-state index contributed by atoms with van der Waals surface area (Å²) in [7, 11) is 1.52. The van der Waals surface area contributed by atoms with Gasteiger partial charge in [0, 0.05) is 15.3 Å².